The first-order valence-corrected chi connectivity index (χ1v) is 11.0. The molecule has 0 aromatic heterocycles. The average Bonchev–Trinajstić information content (AvgIpc) is 3.22. The van der Waals surface area contributed by atoms with E-state index in [1.807, 2.05) is 24.3 Å². The number of anilines is 2. The van der Waals surface area contributed by atoms with E-state index in [1.165, 1.54) is 29.2 Å². The summed E-state index contributed by atoms with van der Waals surface area (Å²) < 4.78 is 19.0. The van der Waals surface area contributed by atoms with Gasteiger partial charge in [-0.1, -0.05) is 42.2 Å². The van der Waals surface area contributed by atoms with Crippen LogP contribution < -0.4 is 9.80 Å². The minimum absolute atomic E-state index is 0.215. The van der Waals surface area contributed by atoms with Gasteiger partial charge in [0.05, 0.1) is 41.7 Å². The van der Waals surface area contributed by atoms with Crippen LogP contribution in [0.3, 0.4) is 0 Å². The van der Waals surface area contributed by atoms with Gasteiger partial charge >= 0.3 is 0 Å². The fraction of sp³-hybridized carbons (Fsp3) is 0.227. The summed E-state index contributed by atoms with van der Waals surface area (Å²) in [6.45, 7) is 3.18. The number of thioether (sulfide) groups is 1. The molecule has 2 aromatic carbocycles. The lowest BCUT2D eigenvalue weighted by Gasteiger charge is -2.30. The van der Waals surface area contributed by atoms with Gasteiger partial charge in [-0.05, 0) is 30.3 Å². The van der Waals surface area contributed by atoms with Crippen molar-refractivity contribution in [2.45, 2.75) is 0 Å². The van der Waals surface area contributed by atoms with Crippen molar-refractivity contribution in [1.82, 2.24) is 4.90 Å². The Morgan fingerprint density at radius 2 is 1.71 bits per heavy atom. The van der Waals surface area contributed by atoms with E-state index >= 15 is 0 Å². The summed E-state index contributed by atoms with van der Waals surface area (Å²) in [5.41, 5.74) is 2.34. The normalized spacial score (nSPS) is 21.9. The summed E-state index contributed by atoms with van der Waals surface area (Å²) in [6, 6.07) is 13.0. The van der Waals surface area contributed by atoms with E-state index in [-0.39, 0.29) is 11.8 Å². The van der Waals surface area contributed by atoms with E-state index in [9.17, 15) is 14.0 Å². The number of ether oxygens (including phenoxy) is 1. The third-order valence-corrected chi connectivity index (χ3v) is 6.82. The molecular weight excluding hydrogens is 437 g/mol. The molecule has 3 heterocycles. The zero-order valence-electron chi connectivity index (χ0n) is 16.4. The predicted octanol–water partition coefficient (Wildman–Crippen LogP) is 3.24. The first-order chi connectivity index (χ1) is 15.0. The minimum Gasteiger partial charge on any atom is -0.379 e. The van der Waals surface area contributed by atoms with E-state index in [2.05, 4.69) is 4.90 Å². The number of nitrogens with zero attached hydrogens (tertiary/aromatic N) is 3. The number of para-hydroxylation sites is 1. The Kier molecular flexibility index (Phi) is 5.35. The van der Waals surface area contributed by atoms with E-state index < -0.39 is 5.82 Å². The summed E-state index contributed by atoms with van der Waals surface area (Å²) in [5.74, 6) is -0.980. The zero-order chi connectivity index (χ0) is 21.5. The number of morpholine rings is 1. The molecule has 2 saturated heterocycles. The predicted molar refractivity (Wildman–Crippen MR) is 122 cm³/mol. The highest BCUT2D eigenvalue weighted by atomic mass is 32.2. The third kappa shape index (κ3) is 3.57. The largest absolute Gasteiger partial charge is 0.379 e. The molecule has 31 heavy (non-hydrogen) atoms. The van der Waals surface area contributed by atoms with Crippen LogP contribution in [-0.2, 0) is 14.3 Å². The summed E-state index contributed by atoms with van der Waals surface area (Å²) in [7, 11) is 0. The number of thiocarbonyl (C=S) groups is 1. The van der Waals surface area contributed by atoms with Gasteiger partial charge in [-0.15, -0.1) is 0 Å². The van der Waals surface area contributed by atoms with Gasteiger partial charge < -0.3 is 4.74 Å². The Bertz CT molecular complexity index is 1110. The number of carbonyl (C=O) groups is 2. The van der Waals surface area contributed by atoms with E-state index in [4.69, 9.17) is 17.0 Å². The van der Waals surface area contributed by atoms with E-state index in [0.717, 1.165) is 36.1 Å². The van der Waals surface area contributed by atoms with Crippen LogP contribution in [0, 0.1) is 5.82 Å². The Hall–Kier alpha value is -2.59. The second-order valence-electron chi connectivity index (χ2n) is 7.31. The maximum atomic E-state index is 13.5. The SMILES string of the molecule is O=C1C(=C2SC(=S)N(c3ccc(F)cc3)C2=O)c2ccccc2N1CN1CCOCC1. The lowest BCUT2D eigenvalue weighted by atomic mass is 10.1. The molecule has 5 rings (SSSR count). The highest BCUT2D eigenvalue weighted by Gasteiger charge is 2.42. The van der Waals surface area contributed by atoms with Crippen molar-refractivity contribution in [3.63, 3.8) is 0 Å². The van der Waals surface area contributed by atoms with Gasteiger partial charge in [0.25, 0.3) is 11.8 Å². The summed E-state index contributed by atoms with van der Waals surface area (Å²) in [6.07, 6.45) is 0. The standard InChI is InChI=1S/C22H18FN3O3S2/c23-14-5-7-15(8-6-14)26-21(28)19(31-22(26)30)18-16-3-1-2-4-17(16)25(20(18)27)13-24-9-11-29-12-10-24/h1-8H,9-13H2. The highest BCUT2D eigenvalue weighted by molar-refractivity contribution is 8.27. The zero-order valence-corrected chi connectivity index (χ0v) is 18.0. The topological polar surface area (TPSA) is 53.1 Å². The van der Waals surface area contributed by atoms with Crippen LogP contribution >= 0.6 is 24.0 Å². The first-order valence-electron chi connectivity index (χ1n) is 9.82. The van der Waals surface area contributed by atoms with Gasteiger partial charge in [0, 0.05) is 18.7 Å². The van der Waals surface area contributed by atoms with E-state index in [1.54, 1.807) is 4.90 Å². The molecule has 2 aromatic rings. The third-order valence-electron chi connectivity index (χ3n) is 5.45. The molecule has 6 nitrogen and oxygen atoms in total. The number of fused-ring (bicyclic) bond motifs is 1. The van der Waals surface area contributed by atoms with Gasteiger partial charge in [0.15, 0.2) is 4.32 Å². The Labute approximate surface area is 188 Å². The van der Waals surface area contributed by atoms with Crippen LogP contribution in [0.5, 0.6) is 0 Å². The summed E-state index contributed by atoms with van der Waals surface area (Å²) in [5, 5.41) is 0. The minimum atomic E-state index is -0.397. The second kappa shape index (κ2) is 8.16. The van der Waals surface area contributed by atoms with Gasteiger partial charge in [-0.3, -0.25) is 24.3 Å². The van der Waals surface area contributed by atoms with Crippen molar-refractivity contribution in [2.75, 3.05) is 42.8 Å². The molecule has 0 atom stereocenters. The van der Waals surface area contributed by atoms with Crippen LogP contribution in [0.4, 0.5) is 15.8 Å². The van der Waals surface area contributed by atoms with Crippen molar-refractivity contribution in [2.24, 2.45) is 0 Å². The highest BCUT2D eigenvalue weighted by Crippen LogP contribution is 2.45. The molecule has 0 spiro atoms. The number of halogens is 1. The van der Waals surface area contributed by atoms with Crippen LogP contribution in [0.25, 0.3) is 5.57 Å². The maximum absolute atomic E-state index is 13.5. The number of rotatable bonds is 3. The molecule has 0 aliphatic carbocycles. The smallest absolute Gasteiger partial charge is 0.271 e. The van der Waals surface area contributed by atoms with Crippen LogP contribution in [0.15, 0.2) is 53.4 Å². The quantitative estimate of drug-likeness (QED) is 0.523. The Morgan fingerprint density at radius 3 is 2.45 bits per heavy atom. The monoisotopic (exact) mass is 455 g/mol. The van der Waals surface area contributed by atoms with Crippen molar-refractivity contribution in [3.8, 4) is 0 Å². The Balaban J connectivity index is 1.53. The van der Waals surface area contributed by atoms with Crippen LogP contribution in [-0.4, -0.2) is 54.0 Å². The lowest BCUT2D eigenvalue weighted by Crippen LogP contribution is -2.45. The number of amides is 2. The number of benzene rings is 2. The van der Waals surface area contributed by atoms with Crippen molar-refractivity contribution in [1.29, 1.82) is 0 Å². The maximum Gasteiger partial charge on any atom is 0.271 e. The first kappa shape index (κ1) is 20.3. The molecule has 2 amide bonds. The number of carbonyl (C=O) groups excluding carboxylic acids is 2. The molecular formula is C22H18FN3O3S2. The molecule has 3 aliphatic heterocycles. The summed E-state index contributed by atoms with van der Waals surface area (Å²) in [4.78, 5) is 32.3. The molecule has 0 saturated carbocycles. The molecule has 0 bridgehead atoms. The average molecular weight is 456 g/mol. The summed E-state index contributed by atoms with van der Waals surface area (Å²) >= 11 is 6.54. The number of hydrogen-bond donors (Lipinski definition) is 0. The van der Waals surface area contributed by atoms with Gasteiger partial charge in [-0.25, -0.2) is 4.39 Å². The van der Waals surface area contributed by atoms with Crippen LogP contribution in [0.2, 0.25) is 0 Å². The van der Waals surface area contributed by atoms with Gasteiger partial charge in [-0.2, -0.15) is 0 Å². The second-order valence-corrected chi connectivity index (χ2v) is 8.96. The van der Waals surface area contributed by atoms with Crippen LogP contribution in [0.1, 0.15) is 5.56 Å². The van der Waals surface area contributed by atoms with Crippen molar-refractivity contribution in [3.05, 3.63) is 64.8 Å². The van der Waals surface area contributed by atoms with Crippen molar-refractivity contribution < 1.29 is 18.7 Å². The molecule has 3 aliphatic rings. The fourth-order valence-electron chi connectivity index (χ4n) is 3.91. The van der Waals surface area contributed by atoms with E-state index in [0.29, 0.717) is 40.4 Å². The molecule has 0 N–H and O–H groups in total. The lowest BCUT2D eigenvalue weighted by molar-refractivity contribution is -0.115. The molecule has 2 fully saturated rings. The Morgan fingerprint density at radius 1 is 1.00 bits per heavy atom. The molecule has 158 valence electrons. The molecule has 9 heteroatoms. The van der Waals surface area contributed by atoms with Gasteiger partial charge in [0.2, 0.25) is 0 Å². The molecule has 0 unspecified atom stereocenters. The molecule has 0 radical (unpaired) electrons. The fourth-order valence-corrected chi connectivity index (χ4v) is 5.28. The van der Waals surface area contributed by atoms with Crippen molar-refractivity contribution >= 4 is 57.1 Å². The number of hydrogen-bond acceptors (Lipinski definition) is 6. The van der Waals surface area contributed by atoms with Gasteiger partial charge in [0.1, 0.15) is 5.82 Å².